The van der Waals surface area contributed by atoms with Crippen molar-refractivity contribution in [2.75, 3.05) is 7.11 Å². The minimum Gasteiger partial charge on any atom is -0.469 e. The Morgan fingerprint density at radius 3 is 2.88 bits per heavy atom. The fourth-order valence-electron chi connectivity index (χ4n) is 1.19. The highest BCUT2D eigenvalue weighted by atomic mass is 35.5. The smallest absolute Gasteiger partial charge is 0.308 e. The first kappa shape index (κ1) is 14.0. The van der Waals surface area contributed by atoms with Crippen molar-refractivity contribution in [2.45, 2.75) is 12.5 Å². The van der Waals surface area contributed by atoms with E-state index in [0.29, 0.717) is 5.02 Å². The van der Waals surface area contributed by atoms with Crippen LogP contribution in [0, 0.1) is 0 Å². The lowest BCUT2D eigenvalue weighted by molar-refractivity contribution is -0.142. The molecule has 0 amide bonds. The normalized spacial score (nSPS) is 13.3. The molecule has 0 aromatic heterocycles. The van der Waals surface area contributed by atoms with E-state index in [1.54, 1.807) is 30.3 Å². The van der Waals surface area contributed by atoms with Crippen LogP contribution >= 0.6 is 23.2 Å². The molecule has 0 spiro atoms. The molecule has 0 saturated carbocycles. The van der Waals surface area contributed by atoms with Crippen molar-refractivity contribution in [2.24, 2.45) is 0 Å². The number of hydrogen-bond donors (Lipinski definition) is 1. The third-order valence-electron chi connectivity index (χ3n) is 2.06. The second kappa shape index (κ2) is 6.64. The fourth-order valence-corrected chi connectivity index (χ4v) is 1.59. The highest BCUT2D eigenvalue weighted by Gasteiger charge is 2.14. The van der Waals surface area contributed by atoms with Gasteiger partial charge in [0.1, 0.15) is 0 Å². The zero-order valence-electron chi connectivity index (χ0n) is 9.19. The van der Waals surface area contributed by atoms with E-state index in [-0.39, 0.29) is 11.5 Å². The van der Waals surface area contributed by atoms with Crippen LogP contribution in [-0.4, -0.2) is 24.3 Å². The standard InChI is InChI=1S/C12H12Cl2O3/c1-17-12(16)7-11(15)10(14)6-8-3-2-4-9(13)5-8/h2-6,11,15H,7H2,1H3/b10-6-. The van der Waals surface area contributed by atoms with Crippen LogP contribution in [0.15, 0.2) is 29.3 Å². The van der Waals surface area contributed by atoms with E-state index in [9.17, 15) is 9.90 Å². The Morgan fingerprint density at radius 2 is 2.29 bits per heavy atom. The average Bonchev–Trinajstić information content (AvgIpc) is 2.28. The molecule has 1 rings (SSSR count). The number of benzene rings is 1. The summed E-state index contributed by atoms with van der Waals surface area (Å²) in [4.78, 5) is 10.9. The molecule has 0 aliphatic carbocycles. The maximum atomic E-state index is 10.9. The summed E-state index contributed by atoms with van der Waals surface area (Å²) < 4.78 is 4.43. The van der Waals surface area contributed by atoms with Gasteiger partial charge >= 0.3 is 5.97 Å². The highest BCUT2D eigenvalue weighted by molar-refractivity contribution is 6.32. The topological polar surface area (TPSA) is 46.5 Å². The molecule has 1 aromatic carbocycles. The second-order valence-corrected chi connectivity index (χ2v) is 4.25. The predicted molar refractivity (Wildman–Crippen MR) is 67.9 cm³/mol. The maximum Gasteiger partial charge on any atom is 0.308 e. The Morgan fingerprint density at radius 1 is 1.59 bits per heavy atom. The number of halogens is 2. The Labute approximate surface area is 110 Å². The molecular weight excluding hydrogens is 263 g/mol. The zero-order valence-corrected chi connectivity index (χ0v) is 10.7. The molecule has 0 heterocycles. The molecule has 3 nitrogen and oxygen atoms in total. The summed E-state index contributed by atoms with van der Waals surface area (Å²) in [5, 5.41) is 10.4. The molecule has 1 N–H and O–H groups in total. The lowest BCUT2D eigenvalue weighted by Crippen LogP contribution is -2.14. The van der Waals surface area contributed by atoms with Gasteiger partial charge in [-0.1, -0.05) is 35.3 Å². The first-order valence-electron chi connectivity index (χ1n) is 4.90. The van der Waals surface area contributed by atoms with Crippen molar-refractivity contribution in [3.05, 3.63) is 39.9 Å². The van der Waals surface area contributed by atoms with Gasteiger partial charge in [0.2, 0.25) is 0 Å². The van der Waals surface area contributed by atoms with Gasteiger partial charge in [-0.15, -0.1) is 0 Å². The van der Waals surface area contributed by atoms with E-state index < -0.39 is 12.1 Å². The van der Waals surface area contributed by atoms with Crippen LogP contribution in [-0.2, 0) is 9.53 Å². The summed E-state index contributed by atoms with van der Waals surface area (Å²) >= 11 is 11.7. The first-order chi connectivity index (χ1) is 8.02. The second-order valence-electron chi connectivity index (χ2n) is 3.38. The molecule has 1 atom stereocenters. The highest BCUT2D eigenvalue weighted by Crippen LogP contribution is 2.19. The number of esters is 1. The van der Waals surface area contributed by atoms with Gasteiger partial charge in [-0.2, -0.15) is 0 Å². The molecule has 1 unspecified atom stereocenters. The third kappa shape index (κ3) is 4.77. The number of ether oxygens (including phenoxy) is 1. The molecule has 0 aliphatic heterocycles. The first-order valence-corrected chi connectivity index (χ1v) is 5.66. The van der Waals surface area contributed by atoms with E-state index in [0.717, 1.165) is 5.56 Å². The van der Waals surface area contributed by atoms with E-state index in [4.69, 9.17) is 23.2 Å². The van der Waals surface area contributed by atoms with Gasteiger partial charge in [0.15, 0.2) is 0 Å². The summed E-state index contributed by atoms with van der Waals surface area (Å²) in [6.07, 6.45) is 0.316. The van der Waals surface area contributed by atoms with Gasteiger partial charge in [-0.25, -0.2) is 0 Å². The minimum atomic E-state index is -1.07. The van der Waals surface area contributed by atoms with Gasteiger partial charge in [-0.05, 0) is 23.8 Å². The quantitative estimate of drug-likeness (QED) is 0.859. The van der Waals surface area contributed by atoms with Crippen molar-refractivity contribution >= 4 is 35.2 Å². The molecule has 0 bridgehead atoms. The van der Waals surface area contributed by atoms with Gasteiger partial charge in [0.05, 0.1) is 19.6 Å². The molecule has 0 fully saturated rings. The van der Waals surface area contributed by atoms with Crippen LogP contribution in [0.25, 0.3) is 6.08 Å². The molecule has 5 heteroatoms. The van der Waals surface area contributed by atoms with Crippen molar-refractivity contribution in [3.8, 4) is 0 Å². The number of hydrogen-bond acceptors (Lipinski definition) is 3. The molecule has 92 valence electrons. The van der Waals surface area contributed by atoms with E-state index in [1.165, 1.54) is 7.11 Å². The van der Waals surface area contributed by atoms with Crippen molar-refractivity contribution < 1.29 is 14.6 Å². The largest absolute Gasteiger partial charge is 0.469 e. The van der Waals surface area contributed by atoms with Crippen LogP contribution in [0.5, 0.6) is 0 Å². The molecular formula is C12H12Cl2O3. The maximum absolute atomic E-state index is 10.9. The monoisotopic (exact) mass is 274 g/mol. The van der Waals surface area contributed by atoms with Gasteiger partial charge < -0.3 is 9.84 Å². The van der Waals surface area contributed by atoms with Gasteiger partial charge in [0.25, 0.3) is 0 Å². The van der Waals surface area contributed by atoms with Gasteiger partial charge in [-0.3, -0.25) is 4.79 Å². The van der Waals surface area contributed by atoms with Crippen LogP contribution in [0.1, 0.15) is 12.0 Å². The zero-order chi connectivity index (χ0) is 12.8. The number of aliphatic hydroxyl groups excluding tert-OH is 1. The lowest BCUT2D eigenvalue weighted by atomic mass is 10.1. The number of aliphatic hydroxyl groups is 1. The van der Waals surface area contributed by atoms with E-state index in [1.807, 2.05) is 0 Å². The molecule has 0 aliphatic rings. The Hall–Kier alpha value is -1.03. The average molecular weight is 275 g/mol. The van der Waals surface area contributed by atoms with Crippen LogP contribution in [0.2, 0.25) is 5.02 Å². The van der Waals surface area contributed by atoms with E-state index >= 15 is 0 Å². The van der Waals surface area contributed by atoms with Crippen molar-refractivity contribution in [3.63, 3.8) is 0 Å². The van der Waals surface area contributed by atoms with Gasteiger partial charge in [0, 0.05) is 10.1 Å². The SMILES string of the molecule is COC(=O)CC(O)/C(Cl)=C/c1cccc(Cl)c1. The molecule has 0 radical (unpaired) electrons. The fraction of sp³-hybridized carbons (Fsp3) is 0.250. The van der Waals surface area contributed by atoms with Crippen LogP contribution in [0.4, 0.5) is 0 Å². The van der Waals surface area contributed by atoms with Crippen LogP contribution < -0.4 is 0 Å². The Kier molecular flexibility index (Phi) is 5.48. The molecule has 17 heavy (non-hydrogen) atoms. The summed E-state index contributed by atoms with van der Waals surface area (Å²) in [6, 6.07) is 7.00. The summed E-state index contributed by atoms with van der Waals surface area (Å²) in [6.45, 7) is 0. The lowest BCUT2D eigenvalue weighted by Gasteiger charge is -2.08. The van der Waals surface area contributed by atoms with E-state index in [2.05, 4.69) is 4.74 Å². The minimum absolute atomic E-state index is 0.165. The Balaban J connectivity index is 2.74. The number of methoxy groups -OCH3 is 1. The molecule has 1 aromatic rings. The van der Waals surface area contributed by atoms with Crippen molar-refractivity contribution in [1.29, 1.82) is 0 Å². The van der Waals surface area contributed by atoms with Crippen LogP contribution in [0.3, 0.4) is 0 Å². The predicted octanol–water partition coefficient (Wildman–Crippen LogP) is 2.84. The third-order valence-corrected chi connectivity index (χ3v) is 2.66. The van der Waals surface area contributed by atoms with Crippen molar-refractivity contribution in [1.82, 2.24) is 0 Å². The number of carbonyl (C=O) groups excluding carboxylic acids is 1. The number of carbonyl (C=O) groups is 1. The number of rotatable bonds is 4. The molecule has 0 saturated heterocycles. The summed E-state index contributed by atoms with van der Waals surface area (Å²) in [5.74, 6) is -0.518. The summed E-state index contributed by atoms with van der Waals surface area (Å²) in [7, 11) is 1.25. The summed E-state index contributed by atoms with van der Waals surface area (Å²) in [5.41, 5.74) is 0.756. The Bertz CT molecular complexity index is 430.